The SMILES string of the molecule is Cc1cc(CN(C)C(=O)[C@H]2CC(=O)N(c3ccc(Br)cc3)C2)no1. The molecule has 0 aliphatic carbocycles. The number of benzene rings is 1. The zero-order valence-electron chi connectivity index (χ0n) is 13.5. The monoisotopic (exact) mass is 391 g/mol. The van der Waals surface area contributed by atoms with Crippen molar-refractivity contribution in [2.24, 2.45) is 5.92 Å². The molecular formula is C17H18BrN3O3. The molecule has 0 unspecified atom stereocenters. The van der Waals surface area contributed by atoms with Crippen LogP contribution in [0.5, 0.6) is 0 Å². The van der Waals surface area contributed by atoms with Gasteiger partial charge in [0.15, 0.2) is 0 Å². The number of carbonyl (C=O) groups is 2. The van der Waals surface area contributed by atoms with Gasteiger partial charge >= 0.3 is 0 Å². The summed E-state index contributed by atoms with van der Waals surface area (Å²) in [4.78, 5) is 28.2. The van der Waals surface area contributed by atoms with Gasteiger partial charge in [0.1, 0.15) is 11.5 Å². The average molecular weight is 392 g/mol. The Morgan fingerprint density at radius 3 is 2.75 bits per heavy atom. The molecular weight excluding hydrogens is 374 g/mol. The van der Waals surface area contributed by atoms with E-state index < -0.39 is 0 Å². The lowest BCUT2D eigenvalue weighted by Gasteiger charge is -2.20. The molecule has 1 saturated heterocycles. The second-order valence-corrected chi connectivity index (χ2v) is 6.92. The molecule has 3 rings (SSSR count). The highest BCUT2D eigenvalue weighted by atomic mass is 79.9. The van der Waals surface area contributed by atoms with E-state index in [1.165, 1.54) is 0 Å². The fourth-order valence-corrected chi connectivity index (χ4v) is 3.13. The van der Waals surface area contributed by atoms with E-state index in [1.807, 2.05) is 31.2 Å². The predicted molar refractivity (Wildman–Crippen MR) is 92.3 cm³/mol. The molecule has 2 amide bonds. The van der Waals surface area contributed by atoms with Crippen molar-refractivity contribution in [2.75, 3.05) is 18.5 Å². The number of aryl methyl sites for hydroxylation is 1. The first-order valence-corrected chi connectivity index (χ1v) is 8.46. The summed E-state index contributed by atoms with van der Waals surface area (Å²) in [6, 6.07) is 9.32. The van der Waals surface area contributed by atoms with Crippen LogP contribution in [0.4, 0.5) is 5.69 Å². The molecule has 2 aromatic rings. The normalized spacial score (nSPS) is 17.4. The number of rotatable bonds is 4. The van der Waals surface area contributed by atoms with E-state index in [9.17, 15) is 9.59 Å². The summed E-state index contributed by atoms with van der Waals surface area (Å²) in [6.07, 6.45) is 0.233. The zero-order chi connectivity index (χ0) is 17.3. The molecule has 0 saturated carbocycles. The lowest BCUT2D eigenvalue weighted by atomic mass is 10.1. The molecule has 0 spiro atoms. The highest BCUT2D eigenvalue weighted by Gasteiger charge is 2.36. The lowest BCUT2D eigenvalue weighted by Crippen LogP contribution is -2.34. The topological polar surface area (TPSA) is 66.7 Å². The number of hydrogen-bond donors (Lipinski definition) is 0. The number of hydrogen-bond acceptors (Lipinski definition) is 4. The summed E-state index contributed by atoms with van der Waals surface area (Å²) >= 11 is 3.38. The summed E-state index contributed by atoms with van der Waals surface area (Å²) < 4.78 is 5.97. The van der Waals surface area contributed by atoms with Crippen LogP contribution in [0.15, 0.2) is 39.3 Å². The van der Waals surface area contributed by atoms with Crippen molar-refractivity contribution in [2.45, 2.75) is 19.9 Å². The Hall–Kier alpha value is -2.15. The van der Waals surface area contributed by atoms with Gasteiger partial charge in [-0.3, -0.25) is 9.59 Å². The maximum absolute atomic E-state index is 12.6. The third kappa shape index (κ3) is 3.51. The number of amides is 2. The summed E-state index contributed by atoms with van der Waals surface area (Å²) in [6.45, 7) is 2.59. The zero-order valence-corrected chi connectivity index (χ0v) is 15.1. The fraction of sp³-hybridized carbons (Fsp3) is 0.353. The van der Waals surface area contributed by atoms with E-state index in [2.05, 4.69) is 21.1 Å². The molecule has 7 heteroatoms. The molecule has 24 heavy (non-hydrogen) atoms. The molecule has 1 aliphatic rings. The highest BCUT2D eigenvalue weighted by Crippen LogP contribution is 2.27. The van der Waals surface area contributed by atoms with Gasteiger partial charge in [-0.25, -0.2) is 0 Å². The molecule has 0 radical (unpaired) electrons. The first-order chi connectivity index (χ1) is 11.4. The molecule has 0 N–H and O–H groups in total. The largest absolute Gasteiger partial charge is 0.361 e. The standard InChI is InChI=1S/C17H18BrN3O3/c1-11-7-14(19-24-11)10-20(2)17(23)12-8-16(22)21(9-12)15-5-3-13(18)4-6-15/h3-7,12H,8-10H2,1-2H3/t12-/m0/s1. The second kappa shape index (κ2) is 6.76. The van der Waals surface area contributed by atoms with Crippen molar-refractivity contribution in [3.8, 4) is 0 Å². The molecule has 1 aliphatic heterocycles. The lowest BCUT2D eigenvalue weighted by molar-refractivity contribution is -0.135. The van der Waals surface area contributed by atoms with Gasteiger partial charge < -0.3 is 14.3 Å². The van der Waals surface area contributed by atoms with Gasteiger partial charge in [-0.2, -0.15) is 0 Å². The Morgan fingerprint density at radius 1 is 1.42 bits per heavy atom. The quantitative estimate of drug-likeness (QED) is 0.803. The third-order valence-corrected chi connectivity index (χ3v) is 4.59. The number of anilines is 1. The summed E-state index contributed by atoms with van der Waals surface area (Å²) in [5, 5.41) is 3.90. The molecule has 6 nitrogen and oxygen atoms in total. The van der Waals surface area contributed by atoms with Crippen LogP contribution in [0.25, 0.3) is 0 Å². The third-order valence-electron chi connectivity index (χ3n) is 4.06. The summed E-state index contributed by atoms with van der Waals surface area (Å²) in [5.74, 6) is 0.299. The highest BCUT2D eigenvalue weighted by molar-refractivity contribution is 9.10. The first-order valence-electron chi connectivity index (χ1n) is 7.67. The molecule has 1 aromatic heterocycles. The van der Waals surface area contributed by atoms with Crippen LogP contribution >= 0.6 is 15.9 Å². The summed E-state index contributed by atoms with van der Waals surface area (Å²) in [5.41, 5.74) is 1.52. The minimum absolute atomic E-state index is 0.0265. The average Bonchev–Trinajstić information content (AvgIpc) is 3.13. The van der Waals surface area contributed by atoms with Crippen molar-refractivity contribution in [3.05, 3.63) is 46.3 Å². The molecule has 1 atom stereocenters. The number of halogens is 1. The second-order valence-electron chi connectivity index (χ2n) is 6.01. The van der Waals surface area contributed by atoms with E-state index >= 15 is 0 Å². The minimum Gasteiger partial charge on any atom is -0.361 e. The van der Waals surface area contributed by atoms with Gasteiger partial charge in [0, 0.05) is 36.2 Å². The smallest absolute Gasteiger partial charge is 0.228 e. The van der Waals surface area contributed by atoms with Crippen molar-refractivity contribution in [1.82, 2.24) is 10.1 Å². The van der Waals surface area contributed by atoms with Gasteiger partial charge in [-0.15, -0.1) is 0 Å². The molecule has 2 heterocycles. The van der Waals surface area contributed by atoms with Gasteiger partial charge in [0.2, 0.25) is 11.8 Å². The predicted octanol–water partition coefficient (Wildman–Crippen LogP) is 2.76. The van der Waals surface area contributed by atoms with Gasteiger partial charge in [-0.1, -0.05) is 21.1 Å². The van der Waals surface area contributed by atoms with Crippen LogP contribution in [-0.4, -0.2) is 35.5 Å². The number of carbonyl (C=O) groups excluding carboxylic acids is 2. The van der Waals surface area contributed by atoms with Crippen LogP contribution in [0.1, 0.15) is 17.9 Å². The first kappa shape index (κ1) is 16.7. The van der Waals surface area contributed by atoms with Crippen molar-refractivity contribution < 1.29 is 14.1 Å². The Labute approximate surface area is 148 Å². The number of aromatic nitrogens is 1. The Bertz CT molecular complexity index is 757. The fourth-order valence-electron chi connectivity index (χ4n) is 2.87. The maximum Gasteiger partial charge on any atom is 0.228 e. The van der Waals surface area contributed by atoms with Crippen molar-refractivity contribution >= 4 is 33.4 Å². The minimum atomic E-state index is -0.334. The number of nitrogens with zero attached hydrogens (tertiary/aromatic N) is 3. The van der Waals surface area contributed by atoms with Gasteiger partial charge in [0.05, 0.1) is 12.5 Å². The van der Waals surface area contributed by atoms with E-state index in [0.29, 0.717) is 24.5 Å². The van der Waals surface area contributed by atoms with E-state index in [-0.39, 0.29) is 24.2 Å². The maximum atomic E-state index is 12.6. The van der Waals surface area contributed by atoms with Crippen LogP contribution in [0.3, 0.4) is 0 Å². The van der Waals surface area contributed by atoms with Crippen LogP contribution < -0.4 is 4.90 Å². The van der Waals surface area contributed by atoms with E-state index in [4.69, 9.17) is 4.52 Å². The Kier molecular flexibility index (Phi) is 4.71. The molecule has 1 aromatic carbocycles. The van der Waals surface area contributed by atoms with Crippen LogP contribution in [-0.2, 0) is 16.1 Å². The van der Waals surface area contributed by atoms with E-state index in [1.54, 1.807) is 22.9 Å². The van der Waals surface area contributed by atoms with Crippen LogP contribution in [0, 0.1) is 12.8 Å². The van der Waals surface area contributed by atoms with Gasteiger partial charge in [0.25, 0.3) is 0 Å². The Balaban J connectivity index is 1.66. The molecule has 0 bridgehead atoms. The Morgan fingerprint density at radius 2 is 2.12 bits per heavy atom. The van der Waals surface area contributed by atoms with E-state index in [0.717, 1.165) is 10.2 Å². The van der Waals surface area contributed by atoms with Crippen molar-refractivity contribution in [3.63, 3.8) is 0 Å². The molecule has 126 valence electrons. The van der Waals surface area contributed by atoms with Crippen LogP contribution in [0.2, 0.25) is 0 Å². The van der Waals surface area contributed by atoms with Gasteiger partial charge in [-0.05, 0) is 31.2 Å². The summed E-state index contributed by atoms with van der Waals surface area (Å²) in [7, 11) is 1.72. The molecule has 1 fully saturated rings. The van der Waals surface area contributed by atoms with Crippen molar-refractivity contribution in [1.29, 1.82) is 0 Å².